The third kappa shape index (κ3) is 6.34. The zero-order chi connectivity index (χ0) is 26.4. The summed E-state index contributed by atoms with van der Waals surface area (Å²) in [4.78, 5) is 25.2. The van der Waals surface area contributed by atoms with Gasteiger partial charge in [0.25, 0.3) is 5.91 Å². The van der Waals surface area contributed by atoms with Crippen LogP contribution in [-0.4, -0.2) is 53.6 Å². The van der Waals surface area contributed by atoms with Crippen molar-refractivity contribution >= 4 is 66.5 Å². The van der Waals surface area contributed by atoms with Crippen molar-refractivity contribution in [2.24, 2.45) is 0 Å². The Bertz CT molecular complexity index is 1510. The molecule has 0 saturated carbocycles. The van der Waals surface area contributed by atoms with E-state index in [1.807, 2.05) is 42.5 Å². The van der Waals surface area contributed by atoms with Crippen molar-refractivity contribution in [2.45, 2.75) is 23.1 Å². The molecule has 4 aromatic rings. The highest BCUT2D eigenvalue weighted by molar-refractivity contribution is 8.01. The SMILES string of the molecule is CCN(CC)S(=O)(=O)c1ccc(C(=O)Nc2nnc(SCC(=O)Nc3cccc4ccccc34)s2)cc1. The lowest BCUT2D eigenvalue weighted by molar-refractivity contribution is -0.113. The second-order valence-corrected chi connectivity index (χ2v) is 11.9. The number of anilines is 2. The summed E-state index contributed by atoms with van der Waals surface area (Å²) in [5, 5.41) is 15.9. The average Bonchev–Trinajstić information content (AvgIpc) is 3.35. The summed E-state index contributed by atoms with van der Waals surface area (Å²) in [6.07, 6.45) is 0. The number of rotatable bonds is 10. The standard InChI is InChI=1S/C25H25N5O4S3/c1-3-30(4-2)37(33,34)19-14-12-18(13-15-19)23(32)27-24-28-29-25(36-24)35-16-22(31)26-21-11-7-9-17-8-5-6-10-20(17)21/h5-15H,3-4,16H2,1-2H3,(H,26,31)(H,27,28,32). The summed E-state index contributed by atoms with van der Waals surface area (Å²) in [5.41, 5.74) is 1.03. The molecule has 0 aliphatic heterocycles. The Labute approximate surface area is 223 Å². The van der Waals surface area contributed by atoms with Gasteiger partial charge < -0.3 is 5.32 Å². The fourth-order valence-electron chi connectivity index (χ4n) is 3.63. The number of amides is 2. The number of hydrogen-bond acceptors (Lipinski definition) is 8. The van der Waals surface area contributed by atoms with E-state index in [-0.39, 0.29) is 27.3 Å². The van der Waals surface area contributed by atoms with Crippen LogP contribution in [-0.2, 0) is 14.8 Å². The Morgan fingerprint density at radius 2 is 1.62 bits per heavy atom. The topological polar surface area (TPSA) is 121 Å². The first-order chi connectivity index (χ1) is 17.8. The maximum Gasteiger partial charge on any atom is 0.257 e. The summed E-state index contributed by atoms with van der Waals surface area (Å²) in [6, 6.07) is 19.3. The van der Waals surface area contributed by atoms with E-state index in [1.54, 1.807) is 13.8 Å². The molecule has 2 N–H and O–H groups in total. The molecule has 1 aromatic heterocycles. The molecule has 9 nitrogen and oxygen atoms in total. The summed E-state index contributed by atoms with van der Waals surface area (Å²) >= 11 is 2.37. The average molecular weight is 556 g/mol. The Balaban J connectivity index is 1.33. The molecule has 0 saturated heterocycles. The van der Waals surface area contributed by atoms with Gasteiger partial charge in [-0.25, -0.2) is 8.42 Å². The van der Waals surface area contributed by atoms with Crippen molar-refractivity contribution < 1.29 is 18.0 Å². The maximum atomic E-state index is 12.6. The largest absolute Gasteiger partial charge is 0.325 e. The number of sulfonamides is 1. The van der Waals surface area contributed by atoms with Crippen LogP contribution < -0.4 is 10.6 Å². The molecule has 0 bridgehead atoms. The van der Waals surface area contributed by atoms with Crippen molar-refractivity contribution in [3.63, 3.8) is 0 Å². The Morgan fingerprint density at radius 1 is 0.919 bits per heavy atom. The quantitative estimate of drug-likeness (QED) is 0.215. The molecule has 0 radical (unpaired) electrons. The molecule has 4 rings (SSSR count). The normalized spacial score (nSPS) is 11.5. The third-order valence-corrected chi connectivity index (χ3v) is 9.51. The molecule has 12 heteroatoms. The predicted octanol–water partition coefficient (Wildman–Crippen LogP) is 4.70. The summed E-state index contributed by atoms with van der Waals surface area (Å²) in [5.74, 6) is -0.482. The fourth-order valence-corrected chi connectivity index (χ4v) is 6.63. The molecule has 192 valence electrons. The monoisotopic (exact) mass is 555 g/mol. The first-order valence-corrected chi connectivity index (χ1v) is 14.7. The van der Waals surface area contributed by atoms with E-state index in [1.165, 1.54) is 40.3 Å². The number of thioether (sulfide) groups is 1. The molecule has 0 aliphatic carbocycles. The number of benzene rings is 3. The van der Waals surface area contributed by atoms with Gasteiger partial charge >= 0.3 is 0 Å². The van der Waals surface area contributed by atoms with E-state index in [0.29, 0.717) is 17.4 Å². The van der Waals surface area contributed by atoms with Crippen LogP contribution in [0.4, 0.5) is 10.8 Å². The first-order valence-electron chi connectivity index (χ1n) is 11.5. The van der Waals surface area contributed by atoms with Gasteiger partial charge in [-0.2, -0.15) is 4.31 Å². The van der Waals surface area contributed by atoms with Crippen LogP contribution in [0.25, 0.3) is 10.8 Å². The second-order valence-electron chi connectivity index (χ2n) is 7.80. The van der Waals surface area contributed by atoms with Gasteiger partial charge in [-0.05, 0) is 35.7 Å². The van der Waals surface area contributed by atoms with Gasteiger partial charge in [0.05, 0.1) is 10.6 Å². The summed E-state index contributed by atoms with van der Waals surface area (Å²) in [6.45, 7) is 4.27. The molecule has 0 fully saturated rings. The third-order valence-electron chi connectivity index (χ3n) is 5.48. The van der Waals surface area contributed by atoms with Crippen molar-refractivity contribution in [1.29, 1.82) is 0 Å². The highest BCUT2D eigenvalue weighted by Crippen LogP contribution is 2.27. The van der Waals surface area contributed by atoms with Crippen LogP contribution in [0.1, 0.15) is 24.2 Å². The zero-order valence-electron chi connectivity index (χ0n) is 20.2. The Morgan fingerprint density at radius 3 is 2.35 bits per heavy atom. The van der Waals surface area contributed by atoms with E-state index < -0.39 is 15.9 Å². The van der Waals surface area contributed by atoms with Crippen LogP contribution in [0.2, 0.25) is 0 Å². The van der Waals surface area contributed by atoms with E-state index >= 15 is 0 Å². The first kappa shape index (κ1) is 26.7. The van der Waals surface area contributed by atoms with Gasteiger partial charge in [0.1, 0.15) is 0 Å². The number of nitrogens with zero attached hydrogens (tertiary/aromatic N) is 3. The number of carbonyl (C=O) groups excluding carboxylic acids is 2. The molecule has 0 aliphatic rings. The molecule has 1 heterocycles. The minimum absolute atomic E-state index is 0.129. The summed E-state index contributed by atoms with van der Waals surface area (Å²) in [7, 11) is -3.60. The van der Waals surface area contributed by atoms with E-state index in [4.69, 9.17) is 0 Å². The molecule has 37 heavy (non-hydrogen) atoms. The molecule has 3 aromatic carbocycles. The highest BCUT2D eigenvalue weighted by Gasteiger charge is 2.22. The minimum atomic E-state index is -3.60. The van der Waals surface area contributed by atoms with Crippen LogP contribution in [0.5, 0.6) is 0 Å². The molecule has 0 atom stereocenters. The van der Waals surface area contributed by atoms with Crippen LogP contribution in [0, 0.1) is 0 Å². The Hall–Kier alpha value is -3.32. The van der Waals surface area contributed by atoms with Gasteiger partial charge in [0, 0.05) is 29.7 Å². The van der Waals surface area contributed by atoms with Gasteiger partial charge in [-0.3, -0.25) is 14.9 Å². The summed E-state index contributed by atoms with van der Waals surface area (Å²) < 4.78 is 27.1. The Kier molecular flexibility index (Phi) is 8.54. The maximum absolute atomic E-state index is 12.6. The van der Waals surface area contributed by atoms with Gasteiger partial charge in [-0.1, -0.05) is 73.3 Å². The van der Waals surface area contributed by atoms with Crippen LogP contribution in [0.3, 0.4) is 0 Å². The van der Waals surface area contributed by atoms with Crippen molar-refractivity contribution in [3.8, 4) is 0 Å². The van der Waals surface area contributed by atoms with Gasteiger partial charge in [0.15, 0.2) is 4.34 Å². The molecular weight excluding hydrogens is 531 g/mol. The lowest BCUT2D eigenvalue weighted by Crippen LogP contribution is -2.30. The zero-order valence-corrected chi connectivity index (χ0v) is 22.6. The molecule has 2 amide bonds. The minimum Gasteiger partial charge on any atom is -0.325 e. The van der Waals surface area contributed by atoms with Crippen LogP contribution in [0.15, 0.2) is 76.0 Å². The molecular formula is C25H25N5O4S3. The number of nitrogens with one attached hydrogen (secondary N) is 2. The van der Waals surface area contributed by atoms with E-state index in [2.05, 4.69) is 20.8 Å². The number of aromatic nitrogens is 2. The number of hydrogen-bond donors (Lipinski definition) is 2. The molecule has 0 unspecified atom stereocenters. The number of carbonyl (C=O) groups is 2. The number of fused-ring (bicyclic) bond motifs is 1. The molecule has 0 spiro atoms. The van der Waals surface area contributed by atoms with Crippen molar-refractivity contribution in [1.82, 2.24) is 14.5 Å². The van der Waals surface area contributed by atoms with E-state index in [9.17, 15) is 18.0 Å². The van der Waals surface area contributed by atoms with Gasteiger partial charge in [-0.15, -0.1) is 10.2 Å². The van der Waals surface area contributed by atoms with E-state index in [0.717, 1.165) is 27.8 Å². The van der Waals surface area contributed by atoms with Crippen LogP contribution >= 0.6 is 23.1 Å². The van der Waals surface area contributed by atoms with Gasteiger partial charge in [0.2, 0.25) is 21.1 Å². The highest BCUT2D eigenvalue weighted by atomic mass is 32.2. The smallest absolute Gasteiger partial charge is 0.257 e. The second kappa shape index (κ2) is 11.8. The lowest BCUT2D eigenvalue weighted by Gasteiger charge is -2.18. The predicted molar refractivity (Wildman–Crippen MR) is 148 cm³/mol. The lowest BCUT2D eigenvalue weighted by atomic mass is 10.1. The fraction of sp³-hybridized carbons (Fsp3) is 0.200. The van der Waals surface area contributed by atoms with Crippen molar-refractivity contribution in [3.05, 3.63) is 72.3 Å². The van der Waals surface area contributed by atoms with Crippen molar-refractivity contribution in [2.75, 3.05) is 29.5 Å².